The van der Waals surface area contributed by atoms with E-state index in [-0.39, 0.29) is 12.1 Å². The highest BCUT2D eigenvalue weighted by Crippen LogP contribution is 2.28. The molecule has 0 bridgehead atoms. The first kappa shape index (κ1) is 14.7. The first-order valence-electron chi connectivity index (χ1n) is 6.94. The van der Waals surface area contributed by atoms with Crippen LogP contribution in [0.1, 0.15) is 25.5 Å². The first-order chi connectivity index (χ1) is 9.61. The molecule has 0 saturated heterocycles. The van der Waals surface area contributed by atoms with Crippen molar-refractivity contribution >= 4 is 5.96 Å². The molecule has 0 fully saturated rings. The minimum Gasteiger partial charge on any atom is -0.491 e. The Balaban J connectivity index is 2.13. The molecular weight excluding hydrogens is 254 g/mol. The molecule has 0 amide bonds. The highest BCUT2D eigenvalue weighted by molar-refractivity contribution is 5.80. The van der Waals surface area contributed by atoms with Crippen molar-refractivity contribution in [3.63, 3.8) is 0 Å². The van der Waals surface area contributed by atoms with Crippen molar-refractivity contribution in [3.8, 4) is 5.75 Å². The summed E-state index contributed by atoms with van der Waals surface area (Å²) in [4.78, 5) is 6.42. The van der Waals surface area contributed by atoms with Crippen LogP contribution < -0.4 is 10.5 Å². The number of ether oxygens (including phenoxy) is 2. The summed E-state index contributed by atoms with van der Waals surface area (Å²) in [6.07, 6.45) is 0.166. The van der Waals surface area contributed by atoms with Crippen LogP contribution in [-0.2, 0) is 4.74 Å². The molecule has 1 aromatic rings. The molecule has 0 aliphatic carbocycles. The number of hydrogen-bond acceptors (Lipinski definition) is 5. The quantitative estimate of drug-likeness (QED) is 0.861. The lowest BCUT2D eigenvalue weighted by Crippen LogP contribution is -2.38. The fourth-order valence-electron chi connectivity index (χ4n) is 2.34. The fraction of sp³-hybridized carbons (Fsp3) is 0.533. The van der Waals surface area contributed by atoms with E-state index < -0.39 is 0 Å². The zero-order valence-corrected chi connectivity index (χ0v) is 12.4. The summed E-state index contributed by atoms with van der Waals surface area (Å²) in [6.45, 7) is 6.10. The smallest absolute Gasteiger partial charge is 0.192 e. The standard InChI is InChI=1S/C15H23N3O2/c1-11(2)20-13-6-4-5-12(9-13)14-10-17-15(16)18(14)7-8-19-3/h4-6,9,11,14H,7-8,10H2,1-3H3,(H2,16,17). The van der Waals surface area contributed by atoms with Crippen LogP contribution in [-0.4, -0.2) is 43.8 Å². The van der Waals surface area contributed by atoms with Crippen LogP contribution in [0, 0.1) is 0 Å². The van der Waals surface area contributed by atoms with Crippen LogP contribution in [0.15, 0.2) is 29.3 Å². The monoisotopic (exact) mass is 277 g/mol. The number of methoxy groups -OCH3 is 1. The van der Waals surface area contributed by atoms with Crippen LogP contribution in [0.25, 0.3) is 0 Å². The van der Waals surface area contributed by atoms with Crippen molar-refractivity contribution < 1.29 is 9.47 Å². The predicted molar refractivity (Wildman–Crippen MR) is 80.0 cm³/mol. The Kier molecular flexibility index (Phi) is 4.84. The molecule has 5 heteroatoms. The van der Waals surface area contributed by atoms with E-state index in [4.69, 9.17) is 15.2 Å². The maximum absolute atomic E-state index is 5.96. The van der Waals surface area contributed by atoms with E-state index in [9.17, 15) is 0 Å². The van der Waals surface area contributed by atoms with Crippen molar-refractivity contribution in [1.82, 2.24) is 4.90 Å². The molecule has 5 nitrogen and oxygen atoms in total. The van der Waals surface area contributed by atoms with Gasteiger partial charge in [0.1, 0.15) is 5.75 Å². The fourth-order valence-corrected chi connectivity index (χ4v) is 2.34. The molecule has 0 aromatic heterocycles. The Morgan fingerprint density at radius 2 is 2.25 bits per heavy atom. The second kappa shape index (κ2) is 6.61. The second-order valence-electron chi connectivity index (χ2n) is 5.14. The van der Waals surface area contributed by atoms with Crippen LogP contribution in [0.4, 0.5) is 0 Å². The van der Waals surface area contributed by atoms with Crippen molar-refractivity contribution in [2.45, 2.75) is 26.0 Å². The van der Waals surface area contributed by atoms with E-state index in [1.165, 1.54) is 5.56 Å². The number of hydrogen-bond donors (Lipinski definition) is 1. The van der Waals surface area contributed by atoms with E-state index >= 15 is 0 Å². The van der Waals surface area contributed by atoms with E-state index in [2.05, 4.69) is 22.0 Å². The third kappa shape index (κ3) is 3.42. The average Bonchev–Trinajstić information content (AvgIpc) is 2.77. The Bertz CT molecular complexity index is 474. The number of guanidine groups is 1. The van der Waals surface area contributed by atoms with Gasteiger partial charge >= 0.3 is 0 Å². The zero-order valence-electron chi connectivity index (χ0n) is 12.4. The van der Waals surface area contributed by atoms with E-state index in [0.29, 0.717) is 19.1 Å². The molecule has 110 valence electrons. The molecule has 1 atom stereocenters. The highest BCUT2D eigenvalue weighted by Gasteiger charge is 2.27. The Hall–Kier alpha value is -1.75. The molecule has 0 spiro atoms. The number of benzene rings is 1. The third-order valence-electron chi connectivity index (χ3n) is 3.25. The highest BCUT2D eigenvalue weighted by atomic mass is 16.5. The van der Waals surface area contributed by atoms with E-state index in [1.807, 2.05) is 26.0 Å². The van der Waals surface area contributed by atoms with Crippen molar-refractivity contribution in [2.24, 2.45) is 10.7 Å². The predicted octanol–water partition coefficient (Wildman–Crippen LogP) is 1.79. The largest absolute Gasteiger partial charge is 0.491 e. The molecule has 1 unspecified atom stereocenters. The third-order valence-corrected chi connectivity index (χ3v) is 3.25. The second-order valence-corrected chi connectivity index (χ2v) is 5.14. The molecule has 0 saturated carbocycles. The van der Waals surface area contributed by atoms with Gasteiger partial charge in [0.25, 0.3) is 0 Å². The van der Waals surface area contributed by atoms with Crippen molar-refractivity contribution in [2.75, 3.05) is 26.8 Å². The summed E-state index contributed by atoms with van der Waals surface area (Å²) in [5, 5.41) is 0. The summed E-state index contributed by atoms with van der Waals surface area (Å²) in [5.41, 5.74) is 7.13. The van der Waals surface area contributed by atoms with Gasteiger partial charge in [-0.1, -0.05) is 12.1 Å². The van der Waals surface area contributed by atoms with Gasteiger partial charge in [0.15, 0.2) is 5.96 Å². The van der Waals surface area contributed by atoms with Gasteiger partial charge in [0.2, 0.25) is 0 Å². The first-order valence-corrected chi connectivity index (χ1v) is 6.94. The van der Waals surface area contributed by atoms with Gasteiger partial charge in [-0.05, 0) is 31.5 Å². The molecule has 1 aromatic carbocycles. The Morgan fingerprint density at radius 1 is 1.45 bits per heavy atom. The average molecular weight is 277 g/mol. The van der Waals surface area contributed by atoms with Crippen LogP contribution in [0.2, 0.25) is 0 Å². The number of nitrogens with zero attached hydrogens (tertiary/aromatic N) is 2. The van der Waals surface area contributed by atoms with Gasteiger partial charge in [-0.2, -0.15) is 0 Å². The summed E-state index contributed by atoms with van der Waals surface area (Å²) < 4.78 is 10.9. The molecule has 1 aliphatic rings. The lowest BCUT2D eigenvalue weighted by molar-refractivity contribution is 0.166. The number of nitrogens with two attached hydrogens (primary N) is 1. The topological polar surface area (TPSA) is 60.1 Å². The van der Waals surface area contributed by atoms with Crippen molar-refractivity contribution in [3.05, 3.63) is 29.8 Å². The summed E-state index contributed by atoms with van der Waals surface area (Å²) in [5.74, 6) is 1.47. The summed E-state index contributed by atoms with van der Waals surface area (Å²) in [7, 11) is 1.69. The minimum absolute atomic E-state index is 0.166. The van der Waals surface area contributed by atoms with Gasteiger partial charge in [-0.3, -0.25) is 4.99 Å². The molecular formula is C15H23N3O2. The normalized spacial score (nSPS) is 18.5. The molecule has 20 heavy (non-hydrogen) atoms. The van der Waals surface area contributed by atoms with E-state index in [0.717, 1.165) is 12.3 Å². The van der Waals surface area contributed by atoms with Gasteiger partial charge in [0.05, 0.1) is 25.3 Å². The number of rotatable bonds is 6. The zero-order chi connectivity index (χ0) is 14.5. The Morgan fingerprint density at radius 3 is 2.95 bits per heavy atom. The molecule has 0 radical (unpaired) electrons. The maximum Gasteiger partial charge on any atom is 0.192 e. The van der Waals surface area contributed by atoms with Gasteiger partial charge in [-0.15, -0.1) is 0 Å². The van der Waals surface area contributed by atoms with Crippen LogP contribution in [0.5, 0.6) is 5.75 Å². The lowest BCUT2D eigenvalue weighted by Gasteiger charge is -2.26. The lowest BCUT2D eigenvalue weighted by atomic mass is 10.1. The van der Waals surface area contributed by atoms with Crippen molar-refractivity contribution in [1.29, 1.82) is 0 Å². The molecule has 2 rings (SSSR count). The SMILES string of the molecule is COCCN1C(N)=NCC1c1cccc(OC(C)C)c1. The molecule has 2 N–H and O–H groups in total. The molecule has 1 heterocycles. The summed E-state index contributed by atoms with van der Waals surface area (Å²) >= 11 is 0. The van der Waals surface area contributed by atoms with E-state index in [1.54, 1.807) is 7.11 Å². The maximum atomic E-state index is 5.96. The van der Waals surface area contributed by atoms with Gasteiger partial charge in [-0.25, -0.2) is 0 Å². The number of aliphatic imine (C=N–C) groups is 1. The van der Waals surface area contributed by atoms with Crippen LogP contribution in [0.3, 0.4) is 0 Å². The van der Waals surface area contributed by atoms with Crippen LogP contribution >= 0.6 is 0 Å². The minimum atomic E-state index is 0.166. The summed E-state index contributed by atoms with van der Waals surface area (Å²) in [6, 6.07) is 8.31. The molecule has 1 aliphatic heterocycles. The van der Waals surface area contributed by atoms with Gasteiger partial charge < -0.3 is 20.1 Å². The Labute approximate surface area is 120 Å². The van der Waals surface area contributed by atoms with Gasteiger partial charge in [0, 0.05) is 13.7 Å².